The minimum Gasteiger partial charge on any atom is -0.397 e. The highest BCUT2D eigenvalue weighted by Gasteiger charge is 2.07. The normalized spacial score (nSPS) is 10.7. The fourth-order valence-corrected chi connectivity index (χ4v) is 2.56. The van der Waals surface area contributed by atoms with Crippen molar-refractivity contribution in [2.45, 2.75) is 0 Å². The summed E-state index contributed by atoms with van der Waals surface area (Å²) in [5.41, 5.74) is 8.62. The second-order valence-corrected chi connectivity index (χ2v) is 5.66. The summed E-state index contributed by atoms with van der Waals surface area (Å²) < 4.78 is 0.927. The first-order valence-electron chi connectivity index (χ1n) is 5.99. The van der Waals surface area contributed by atoms with Gasteiger partial charge >= 0.3 is 0 Å². The Morgan fingerprint density at radius 2 is 1.95 bits per heavy atom. The number of hydrogen-bond acceptors (Lipinski definition) is 3. The van der Waals surface area contributed by atoms with Crippen LogP contribution in [0.25, 0.3) is 10.8 Å². The zero-order valence-electron chi connectivity index (χ0n) is 10.4. The topological polar surface area (TPSA) is 50.9 Å². The van der Waals surface area contributed by atoms with Gasteiger partial charge in [0.1, 0.15) is 0 Å². The summed E-state index contributed by atoms with van der Waals surface area (Å²) in [5, 5.41) is 5.95. The monoisotopic (exact) mass is 347 g/mol. The average molecular weight is 349 g/mol. The van der Waals surface area contributed by atoms with Crippen LogP contribution in [0.15, 0.2) is 53.3 Å². The zero-order valence-corrected chi connectivity index (χ0v) is 12.7. The van der Waals surface area contributed by atoms with E-state index < -0.39 is 0 Å². The van der Waals surface area contributed by atoms with Crippen molar-refractivity contribution in [1.82, 2.24) is 4.98 Å². The third-order valence-electron chi connectivity index (χ3n) is 3.06. The molecular formula is C15H11BrClN3. The summed E-state index contributed by atoms with van der Waals surface area (Å²) >= 11 is 9.51. The number of rotatable bonds is 2. The van der Waals surface area contributed by atoms with E-state index in [1.54, 1.807) is 12.4 Å². The number of nitrogens with zero attached hydrogens (tertiary/aromatic N) is 1. The van der Waals surface area contributed by atoms with Gasteiger partial charge in [-0.1, -0.05) is 17.7 Å². The molecule has 100 valence electrons. The molecule has 1 aromatic heterocycles. The van der Waals surface area contributed by atoms with E-state index in [0.29, 0.717) is 10.7 Å². The van der Waals surface area contributed by atoms with Gasteiger partial charge in [0.15, 0.2) is 0 Å². The second-order valence-electron chi connectivity index (χ2n) is 4.37. The zero-order chi connectivity index (χ0) is 14.1. The smallest absolute Gasteiger partial charge is 0.0634 e. The molecule has 2 aromatic carbocycles. The lowest BCUT2D eigenvalue weighted by atomic mass is 10.1. The number of halogens is 2. The van der Waals surface area contributed by atoms with Gasteiger partial charge in [-0.05, 0) is 46.3 Å². The van der Waals surface area contributed by atoms with Crippen LogP contribution in [0.3, 0.4) is 0 Å². The first-order valence-corrected chi connectivity index (χ1v) is 7.16. The molecule has 0 aliphatic rings. The molecule has 0 amide bonds. The molecule has 0 radical (unpaired) electrons. The number of anilines is 3. The molecule has 3 N–H and O–H groups in total. The van der Waals surface area contributed by atoms with Gasteiger partial charge in [-0.15, -0.1) is 0 Å². The van der Waals surface area contributed by atoms with Crippen molar-refractivity contribution < 1.29 is 0 Å². The summed E-state index contributed by atoms with van der Waals surface area (Å²) in [5.74, 6) is 0. The van der Waals surface area contributed by atoms with E-state index in [4.69, 9.17) is 17.3 Å². The third-order valence-corrected chi connectivity index (χ3v) is 3.99. The van der Waals surface area contributed by atoms with Crippen LogP contribution in [0.1, 0.15) is 0 Å². The van der Waals surface area contributed by atoms with Gasteiger partial charge in [0, 0.05) is 32.7 Å². The van der Waals surface area contributed by atoms with E-state index in [0.717, 1.165) is 26.6 Å². The highest BCUT2D eigenvalue weighted by molar-refractivity contribution is 9.10. The van der Waals surface area contributed by atoms with Crippen molar-refractivity contribution in [3.05, 3.63) is 58.3 Å². The molecule has 1 heterocycles. The molecule has 0 saturated carbocycles. The summed E-state index contributed by atoms with van der Waals surface area (Å²) in [4.78, 5) is 4.09. The molecule has 3 rings (SSSR count). The molecule has 20 heavy (non-hydrogen) atoms. The first kappa shape index (κ1) is 13.2. The highest BCUT2D eigenvalue weighted by atomic mass is 79.9. The molecule has 0 aliphatic heterocycles. The Morgan fingerprint density at radius 3 is 2.80 bits per heavy atom. The van der Waals surface area contributed by atoms with Crippen LogP contribution >= 0.6 is 27.5 Å². The number of nitrogens with two attached hydrogens (primary N) is 1. The summed E-state index contributed by atoms with van der Waals surface area (Å²) in [6, 6.07) is 11.4. The van der Waals surface area contributed by atoms with Gasteiger partial charge in [-0.2, -0.15) is 0 Å². The molecule has 5 heteroatoms. The van der Waals surface area contributed by atoms with Crippen molar-refractivity contribution in [3.63, 3.8) is 0 Å². The Labute approximate surface area is 129 Å². The molecule has 0 bridgehead atoms. The van der Waals surface area contributed by atoms with Crippen molar-refractivity contribution in [2.75, 3.05) is 11.1 Å². The van der Waals surface area contributed by atoms with Gasteiger partial charge in [0.2, 0.25) is 0 Å². The van der Waals surface area contributed by atoms with Gasteiger partial charge in [-0.25, -0.2) is 0 Å². The molecule has 0 saturated heterocycles. The first-order chi connectivity index (χ1) is 9.65. The number of pyridine rings is 1. The van der Waals surface area contributed by atoms with Crippen molar-refractivity contribution in [2.24, 2.45) is 0 Å². The number of nitrogens with one attached hydrogen (secondary N) is 1. The maximum atomic E-state index is 6.22. The van der Waals surface area contributed by atoms with Crippen LogP contribution in [0, 0.1) is 0 Å². The molecule has 0 spiro atoms. The molecule has 0 fully saturated rings. The highest BCUT2D eigenvalue weighted by Crippen LogP contribution is 2.34. The SMILES string of the molecule is Nc1c(Nc2cc(Cl)ccc2Br)ccc2cnccc12. The Balaban J connectivity index is 2.07. The van der Waals surface area contributed by atoms with E-state index >= 15 is 0 Å². The van der Waals surface area contributed by atoms with Crippen LogP contribution < -0.4 is 11.1 Å². The summed E-state index contributed by atoms with van der Waals surface area (Å²) in [6.45, 7) is 0. The van der Waals surface area contributed by atoms with E-state index in [9.17, 15) is 0 Å². The maximum absolute atomic E-state index is 6.22. The Kier molecular flexibility index (Phi) is 3.51. The second kappa shape index (κ2) is 5.31. The van der Waals surface area contributed by atoms with Crippen LogP contribution in [0.2, 0.25) is 5.02 Å². The fourth-order valence-electron chi connectivity index (χ4n) is 2.04. The van der Waals surface area contributed by atoms with Crippen LogP contribution in [0.4, 0.5) is 17.1 Å². The lowest BCUT2D eigenvalue weighted by molar-refractivity contribution is 1.36. The van der Waals surface area contributed by atoms with Crippen molar-refractivity contribution >= 4 is 55.4 Å². The van der Waals surface area contributed by atoms with Gasteiger partial charge in [0.25, 0.3) is 0 Å². The number of benzene rings is 2. The Bertz CT molecular complexity index is 789. The Morgan fingerprint density at radius 1 is 1.10 bits per heavy atom. The molecule has 0 aliphatic carbocycles. The summed E-state index contributed by atoms with van der Waals surface area (Å²) in [6.07, 6.45) is 3.53. The van der Waals surface area contributed by atoms with E-state index in [2.05, 4.69) is 26.2 Å². The number of nitrogen functional groups attached to an aromatic ring is 1. The maximum Gasteiger partial charge on any atom is 0.0634 e. The summed E-state index contributed by atoms with van der Waals surface area (Å²) in [7, 11) is 0. The fraction of sp³-hybridized carbons (Fsp3) is 0. The largest absolute Gasteiger partial charge is 0.397 e. The lowest BCUT2D eigenvalue weighted by Crippen LogP contribution is -1.98. The van der Waals surface area contributed by atoms with E-state index in [-0.39, 0.29) is 0 Å². The molecule has 0 unspecified atom stereocenters. The van der Waals surface area contributed by atoms with Crippen LogP contribution in [0.5, 0.6) is 0 Å². The van der Waals surface area contributed by atoms with Crippen LogP contribution in [-0.2, 0) is 0 Å². The van der Waals surface area contributed by atoms with Crippen LogP contribution in [-0.4, -0.2) is 4.98 Å². The molecule has 3 aromatic rings. The molecular weight excluding hydrogens is 338 g/mol. The van der Waals surface area contributed by atoms with Gasteiger partial charge in [0.05, 0.1) is 17.1 Å². The quantitative estimate of drug-likeness (QED) is 0.642. The lowest BCUT2D eigenvalue weighted by Gasteiger charge is -2.13. The van der Waals surface area contributed by atoms with Crippen molar-refractivity contribution in [3.8, 4) is 0 Å². The van der Waals surface area contributed by atoms with Gasteiger partial charge in [-0.3, -0.25) is 4.98 Å². The number of aromatic nitrogens is 1. The minimum absolute atomic E-state index is 0.666. The number of hydrogen-bond donors (Lipinski definition) is 2. The molecule has 3 nitrogen and oxygen atoms in total. The van der Waals surface area contributed by atoms with Gasteiger partial charge < -0.3 is 11.1 Å². The predicted molar refractivity (Wildman–Crippen MR) is 88.6 cm³/mol. The number of fused-ring (bicyclic) bond motifs is 1. The predicted octanol–water partition coefficient (Wildman–Crippen LogP) is 4.98. The minimum atomic E-state index is 0.666. The van der Waals surface area contributed by atoms with E-state index in [1.165, 1.54) is 0 Å². The molecule has 0 atom stereocenters. The van der Waals surface area contributed by atoms with Crippen molar-refractivity contribution in [1.29, 1.82) is 0 Å². The average Bonchev–Trinajstić information content (AvgIpc) is 2.46. The van der Waals surface area contributed by atoms with E-state index in [1.807, 2.05) is 36.4 Å². The standard InChI is InChI=1S/C15H11BrClN3/c16-12-3-2-10(17)7-14(12)20-13-4-1-9-8-19-6-5-11(9)15(13)18/h1-8,20H,18H2. The third kappa shape index (κ3) is 2.44. The Hall–Kier alpha value is -1.78.